The van der Waals surface area contributed by atoms with Crippen LogP contribution >= 0.6 is 11.6 Å². The van der Waals surface area contributed by atoms with Gasteiger partial charge in [-0.25, -0.2) is 4.79 Å². The molecule has 0 heterocycles. The Balaban J connectivity index is 2.89. The Bertz CT molecular complexity index is 450. The first-order valence-corrected chi connectivity index (χ1v) is 5.03. The quantitative estimate of drug-likeness (QED) is 0.572. The first-order valence-electron chi connectivity index (χ1n) is 4.65. The lowest BCUT2D eigenvalue weighted by atomic mass is 10.1. The van der Waals surface area contributed by atoms with Crippen LogP contribution in [0.5, 0.6) is 0 Å². The van der Waals surface area contributed by atoms with Gasteiger partial charge in [-0.15, -0.1) is 0 Å². The van der Waals surface area contributed by atoms with Crippen LogP contribution in [0.1, 0.15) is 10.4 Å². The van der Waals surface area contributed by atoms with Crippen LogP contribution in [0.25, 0.3) is 0 Å². The second kappa shape index (κ2) is 5.51. The summed E-state index contributed by atoms with van der Waals surface area (Å²) in [6.45, 7) is -0.707. The molecule has 0 saturated carbocycles. The number of carboxylic acids is 1. The molecule has 0 aliphatic carbocycles. The van der Waals surface area contributed by atoms with Crippen molar-refractivity contribution in [2.24, 2.45) is 0 Å². The van der Waals surface area contributed by atoms with Gasteiger partial charge in [-0.2, -0.15) is 0 Å². The topological polar surface area (TPSA) is 113 Å². The van der Waals surface area contributed by atoms with Crippen molar-refractivity contribution in [2.75, 3.05) is 12.3 Å². The number of carboxylic acid groups (broad SMARTS) is 1. The van der Waals surface area contributed by atoms with Gasteiger partial charge in [0.2, 0.25) is 0 Å². The molecule has 0 fully saturated rings. The maximum absolute atomic E-state index is 11.7. The summed E-state index contributed by atoms with van der Waals surface area (Å²) in [5.74, 6) is -2.04. The van der Waals surface area contributed by atoms with Crippen molar-refractivity contribution in [3.63, 3.8) is 0 Å². The third-order valence-corrected chi connectivity index (χ3v) is 2.35. The van der Waals surface area contributed by atoms with Crippen LogP contribution in [-0.4, -0.2) is 34.7 Å². The van der Waals surface area contributed by atoms with Crippen molar-refractivity contribution in [3.8, 4) is 0 Å². The smallest absolute Gasteiger partial charge is 0.328 e. The van der Waals surface area contributed by atoms with Crippen LogP contribution < -0.4 is 11.1 Å². The molecule has 92 valence electrons. The van der Waals surface area contributed by atoms with Gasteiger partial charge in [0.25, 0.3) is 5.91 Å². The highest BCUT2D eigenvalue weighted by Gasteiger charge is 2.20. The summed E-state index contributed by atoms with van der Waals surface area (Å²) in [4.78, 5) is 22.3. The van der Waals surface area contributed by atoms with Crippen molar-refractivity contribution in [3.05, 3.63) is 28.8 Å². The second-order valence-electron chi connectivity index (χ2n) is 3.29. The van der Waals surface area contributed by atoms with E-state index in [0.29, 0.717) is 5.69 Å². The van der Waals surface area contributed by atoms with Gasteiger partial charge in [0, 0.05) is 5.69 Å². The van der Waals surface area contributed by atoms with Crippen LogP contribution in [0, 0.1) is 0 Å². The fourth-order valence-electron chi connectivity index (χ4n) is 1.14. The third-order valence-electron chi connectivity index (χ3n) is 2.02. The number of aliphatic hydroxyl groups is 1. The monoisotopic (exact) mass is 258 g/mol. The fourth-order valence-corrected chi connectivity index (χ4v) is 1.34. The van der Waals surface area contributed by atoms with Gasteiger partial charge in [-0.1, -0.05) is 11.6 Å². The summed E-state index contributed by atoms with van der Waals surface area (Å²) in [5, 5.41) is 19.7. The minimum absolute atomic E-state index is 0.0615. The molecular weight excluding hydrogens is 248 g/mol. The van der Waals surface area contributed by atoms with E-state index in [0.717, 1.165) is 0 Å². The molecule has 0 bridgehead atoms. The highest BCUT2D eigenvalue weighted by Crippen LogP contribution is 2.18. The summed E-state index contributed by atoms with van der Waals surface area (Å²) in [6.07, 6.45) is 0. The van der Waals surface area contributed by atoms with Crippen LogP contribution in [0.4, 0.5) is 5.69 Å². The predicted molar refractivity (Wildman–Crippen MR) is 61.8 cm³/mol. The number of nitrogens with one attached hydrogen (secondary N) is 1. The average Bonchev–Trinajstić information content (AvgIpc) is 2.28. The number of benzene rings is 1. The third kappa shape index (κ3) is 3.33. The Kier molecular flexibility index (Phi) is 4.30. The molecule has 0 aliphatic rings. The van der Waals surface area contributed by atoms with Gasteiger partial charge in [0.05, 0.1) is 17.2 Å². The molecule has 1 atom stereocenters. The number of anilines is 1. The number of rotatable bonds is 4. The molecule has 1 amide bonds. The summed E-state index contributed by atoms with van der Waals surface area (Å²) >= 11 is 5.77. The van der Waals surface area contributed by atoms with Crippen molar-refractivity contribution >= 4 is 29.2 Å². The van der Waals surface area contributed by atoms with E-state index in [1.807, 2.05) is 0 Å². The van der Waals surface area contributed by atoms with E-state index in [1.54, 1.807) is 0 Å². The second-order valence-corrected chi connectivity index (χ2v) is 3.69. The Morgan fingerprint density at radius 1 is 1.47 bits per heavy atom. The fraction of sp³-hybridized carbons (Fsp3) is 0.200. The summed E-state index contributed by atoms with van der Waals surface area (Å²) in [7, 11) is 0. The molecular formula is C10H11ClN2O4. The maximum Gasteiger partial charge on any atom is 0.328 e. The van der Waals surface area contributed by atoms with Gasteiger partial charge >= 0.3 is 5.97 Å². The Morgan fingerprint density at radius 2 is 2.12 bits per heavy atom. The van der Waals surface area contributed by atoms with Gasteiger partial charge in [-0.05, 0) is 18.2 Å². The van der Waals surface area contributed by atoms with E-state index in [4.69, 9.17) is 27.5 Å². The first-order chi connectivity index (χ1) is 7.95. The van der Waals surface area contributed by atoms with E-state index in [1.165, 1.54) is 18.2 Å². The highest BCUT2D eigenvalue weighted by atomic mass is 35.5. The molecule has 0 saturated heterocycles. The lowest BCUT2D eigenvalue weighted by Gasteiger charge is -2.12. The van der Waals surface area contributed by atoms with Gasteiger partial charge < -0.3 is 21.3 Å². The van der Waals surface area contributed by atoms with Gasteiger partial charge in [0.15, 0.2) is 6.04 Å². The van der Waals surface area contributed by atoms with E-state index in [9.17, 15) is 9.59 Å². The SMILES string of the molecule is Nc1ccc(Cl)c(C(=O)NC(CO)C(=O)O)c1. The summed E-state index contributed by atoms with van der Waals surface area (Å²) < 4.78 is 0. The maximum atomic E-state index is 11.7. The van der Waals surface area contributed by atoms with Crippen LogP contribution in [-0.2, 0) is 4.79 Å². The lowest BCUT2D eigenvalue weighted by molar-refractivity contribution is -0.140. The van der Waals surface area contributed by atoms with E-state index < -0.39 is 24.5 Å². The number of nitrogen functional groups attached to an aromatic ring is 1. The molecule has 5 N–H and O–H groups in total. The standard InChI is InChI=1S/C10H11ClN2O4/c11-7-2-1-5(12)3-6(7)9(15)13-8(4-14)10(16)17/h1-3,8,14H,4,12H2,(H,13,15)(H,16,17). The van der Waals surface area contributed by atoms with Crippen LogP contribution in [0.2, 0.25) is 5.02 Å². The van der Waals surface area contributed by atoms with Crippen LogP contribution in [0.15, 0.2) is 18.2 Å². The molecule has 0 aliphatic heterocycles. The van der Waals surface area contributed by atoms with E-state index in [-0.39, 0.29) is 10.6 Å². The molecule has 1 aromatic rings. The molecule has 1 unspecified atom stereocenters. The zero-order valence-electron chi connectivity index (χ0n) is 8.68. The minimum Gasteiger partial charge on any atom is -0.480 e. The number of amides is 1. The number of carbonyl (C=O) groups excluding carboxylic acids is 1. The Morgan fingerprint density at radius 3 is 2.65 bits per heavy atom. The molecule has 0 spiro atoms. The molecule has 1 aromatic carbocycles. The lowest BCUT2D eigenvalue weighted by Crippen LogP contribution is -2.43. The number of aliphatic hydroxyl groups excluding tert-OH is 1. The van der Waals surface area contributed by atoms with E-state index >= 15 is 0 Å². The zero-order chi connectivity index (χ0) is 13.0. The van der Waals surface area contributed by atoms with Crippen molar-refractivity contribution in [1.82, 2.24) is 5.32 Å². The highest BCUT2D eigenvalue weighted by molar-refractivity contribution is 6.34. The van der Waals surface area contributed by atoms with Gasteiger partial charge in [0.1, 0.15) is 0 Å². The number of hydrogen-bond acceptors (Lipinski definition) is 4. The first kappa shape index (κ1) is 13.3. The zero-order valence-corrected chi connectivity index (χ0v) is 9.44. The predicted octanol–water partition coefficient (Wildman–Crippen LogP) is 0.0975. The average molecular weight is 259 g/mol. The molecule has 17 heavy (non-hydrogen) atoms. The Hall–Kier alpha value is -1.79. The number of carbonyl (C=O) groups is 2. The van der Waals surface area contributed by atoms with Crippen molar-refractivity contribution in [1.29, 1.82) is 0 Å². The summed E-state index contributed by atoms with van der Waals surface area (Å²) in [5.41, 5.74) is 5.87. The molecule has 0 aromatic heterocycles. The minimum atomic E-state index is -1.38. The number of nitrogens with two attached hydrogens (primary N) is 1. The van der Waals surface area contributed by atoms with E-state index in [2.05, 4.69) is 5.32 Å². The molecule has 1 rings (SSSR count). The largest absolute Gasteiger partial charge is 0.480 e. The number of aliphatic carboxylic acids is 1. The van der Waals surface area contributed by atoms with Crippen molar-refractivity contribution < 1.29 is 19.8 Å². The molecule has 0 radical (unpaired) electrons. The number of hydrogen-bond donors (Lipinski definition) is 4. The molecule has 7 heteroatoms. The summed E-state index contributed by atoms with van der Waals surface area (Å²) in [6, 6.07) is 2.90. The number of halogens is 1. The van der Waals surface area contributed by atoms with Gasteiger partial charge in [-0.3, -0.25) is 4.79 Å². The van der Waals surface area contributed by atoms with Crippen molar-refractivity contribution in [2.45, 2.75) is 6.04 Å². The van der Waals surface area contributed by atoms with Crippen LogP contribution in [0.3, 0.4) is 0 Å². The molecule has 6 nitrogen and oxygen atoms in total. The Labute approximate surface area is 102 Å². The normalized spacial score (nSPS) is 11.9.